The number of aromatic nitrogens is 2. The van der Waals surface area contributed by atoms with E-state index in [1.54, 1.807) is 36.4 Å². The number of para-hydroxylation sites is 2. The third-order valence-electron chi connectivity index (χ3n) is 4.92. The Labute approximate surface area is 179 Å². The van der Waals surface area contributed by atoms with Gasteiger partial charge >= 0.3 is 0 Å². The zero-order chi connectivity index (χ0) is 21.1. The van der Waals surface area contributed by atoms with Crippen LogP contribution in [0.2, 0.25) is 5.02 Å². The van der Waals surface area contributed by atoms with E-state index in [0.717, 1.165) is 11.0 Å². The molecule has 4 rings (SSSR count). The zero-order valence-corrected chi connectivity index (χ0v) is 17.1. The fraction of sp³-hybridized carbons (Fsp3) is 0.125. The summed E-state index contributed by atoms with van der Waals surface area (Å²) in [5.74, 6) is 0.381. The van der Waals surface area contributed by atoms with Crippen molar-refractivity contribution in [2.75, 3.05) is 0 Å². The molecule has 0 saturated heterocycles. The van der Waals surface area contributed by atoms with Gasteiger partial charge in [0.1, 0.15) is 5.82 Å². The number of ketones is 1. The number of carbonyl (C=O) groups excluding carboxylic acids is 2. The first-order chi connectivity index (χ1) is 14.5. The number of benzene rings is 3. The number of Topliss-reactive ketones (excluding diaryl/α,β-unsaturated/α-hetero) is 1. The van der Waals surface area contributed by atoms with Crippen molar-refractivity contribution in [1.82, 2.24) is 14.9 Å². The third-order valence-corrected chi connectivity index (χ3v) is 5.17. The van der Waals surface area contributed by atoms with Gasteiger partial charge in [0.25, 0.3) is 5.91 Å². The van der Waals surface area contributed by atoms with Gasteiger partial charge in [-0.3, -0.25) is 9.59 Å². The van der Waals surface area contributed by atoms with Gasteiger partial charge in [-0.2, -0.15) is 0 Å². The molecule has 0 aliphatic carbocycles. The van der Waals surface area contributed by atoms with Crippen molar-refractivity contribution >= 4 is 34.3 Å². The van der Waals surface area contributed by atoms with Crippen LogP contribution in [0, 0.1) is 0 Å². The lowest BCUT2D eigenvalue weighted by Crippen LogP contribution is -2.29. The molecule has 1 amide bonds. The van der Waals surface area contributed by atoms with Crippen molar-refractivity contribution < 1.29 is 9.59 Å². The number of hydrogen-bond donors (Lipinski definition) is 1. The van der Waals surface area contributed by atoms with Gasteiger partial charge in [0, 0.05) is 16.1 Å². The summed E-state index contributed by atoms with van der Waals surface area (Å²) >= 11 is 5.91. The number of imidazole rings is 1. The Morgan fingerprint density at radius 2 is 1.60 bits per heavy atom. The summed E-state index contributed by atoms with van der Waals surface area (Å²) in [4.78, 5) is 30.2. The highest BCUT2D eigenvalue weighted by Crippen LogP contribution is 2.22. The number of fused-ring (bicyclic) bond motifs is 1. The first-order valence-corrected chi connectivity index (χ1v) is 10.0. The summed E-state index contributed by atoms with van der Waals surface area (Å²) in [6, 6.07) is 23.1. The lowest BCUT2D eigenvalue weighted by molar-refractivity contribution is 0.0937. The van der Waals surface area contributed by atoms with Crippen LogP contribution in [-0.2, 0) is 6.54 Å². The standard InChI is InChI=1S/C24H20ClN3O2/c1-16(26-24(30)18-11-13-19(25)14-12-18)23-27-20-9-5-6-10-21(20)28(23)15-22(29)17-7-3-2-4-8-17/h2-14,16H,15H2,1H3,(H,26,30). The Morgan fingerprint density at radius 3 is 2.33 bits per heavy atom. The van der Waals surface area contributed by atoms with E-state index in [-0.39, 0.29) is 18.2 Å². The van der Waals surface area contributed by atoms with Gasteiger partial charge in [-0.05, 0) is 43.3 Å². The number of carbonyl (C=O) groups is 2. The maximum atomic E-state index is 12.9. The van der Waals surface area contributed by atoms with Crippen LogP contribution in [0.25, 0.3) is 11.0 Å². The largest absolute Gasteiger partial charge is 0.342 e. The van der Waals surface area contributed by atoms with Crippen LogP contribution in [-0.4, -0.2) is 21.2 Å². The van der Waals surface area contributed by atoms with Crippen LogP contribution in [0.4, 0.5) is 0 Å². The molecular weight excluding hydrogens is 398 g/mol. The van der Waals surface area contributed by atoms with Crippen molar-refractivity contribution in [3.05, 3.63) is 101 Å². The number of rotatable bonds is 6. The molecule has 4 aromatic rings. The van der Waals surface area contributed by atoms with Crippen molar-refractivity contribution in [2.45, 2.75) is 19.5 Å². The second-order valence-electron chi connectivity index (χ2n) is 7.04. The highest BCUT2D eigenvalue weighted by molar-refractivity contribution is 6.30. The first-order valence-electron chi connectivity index (χ1n) is 9.63. The SMILES string of the molecule is CC(NC(=O)c1ccc(Cl)cc1)c1nc2ccccc2n1CC(=O)c1ccccc1. The molecule has 0 aliphatic heterocycles. The number of amides is 1. The molecule has 5 nitrogen and oxygen atoms in total. The average molecular weight is 418 g/mol. The minimum absolute atomic E-state index is 0.0174. The van der Waals surface area contributed by atoms with Gasteiger partial charge < -0.3 is 9.88 Å². The maximum absolute atomic E-state index is 12.9. The summed E-state index contributed by atoms with van der Waals surface area (Å²) in [6.45, 7) is 2.00. The van der Waals surface area contributed by atoms with Gasteiger partial charge in [0.15, 0.2) is 5.78 Å². The molecule has 0 bridgehead atoms. The second-order valence-corrected chi connectivity index (χ2v) is 7.47. The van der Waals surface area contributed by atoms with E-state index in [4.69, 9.17) is 16.6 Å². The van der Waals surface area contributed by atoms with Gasteiger partial charge in [-0.25, -0.2) is 4.98 Å². The molecule has 1 unspecified atom stereocenters. The minimum Gasteiger partial charge on any atom is -0.342 e. The predicted molar refractivity (Wildman–Crippen MR) is 118 cm³/mol. The van der Waals surface area contributed by atoms with Gasteiger partial charge in [-0.15, -0.1) is 0 Å². The molecule has 0 radical (unpaired) electrons. The maximum Gasteiger partial charge on any atom is 0.251 e. The summed E-state index contributed by atoms with van der Waals surface area (Å²) in [5, 5.41) is 3.54. The molecule has 0 saturated carbocycles. The molecule has 1 aromatic heterocycles. The summed E-state index contributed by atoms with van der Waals surface area (Å²) in [6.07, 6.45) is 0. The number of nitrogens with one attached hydrogen (secondary N) is 1. The molecule has 1 N–H and O–H groups in total. The van der Waals surface area contributed by atoms with Gasteiger partial charge in [-0.1, -0.05) is 54.1 Å². The summed E-state index contributed by atoms with van der Waals surface area (Å²) in [7, 11) is 0. The van der Waals surface area contributed by atoms with E-state index in [9.17, 15) is 9.59 Å². The Kier molecular flexibility index (Phi) is 5.63. The molecule has 0 fully saturated rings. The normalized spacial score (nSPS) is 11.9. The van der Waals surface area contributed by atoms with Crippen LogP contribution >= 0.6 is 11.6 Å². The Morgan fingerprint density at radius 1 is 0.933 bits per heavy atom. The quantitative estimate of drug-likeness (QED) is 0.446. The molecule has 150 valence electrons. The van der Waals surface area contributed by atoms with Crippen molar-refractivity contribution in [1.29, 1.82) is 0 Å². The summed E-state index contributed by atoms with van der Waals surface area (Å²) < 4.78 is 1.87. The lowest BCUT2D eigenvalue weighted by Gasteiger charge is -2.16. The fourth-order valence-electron chi connectivity index (χ4n) is 3.40. The van der Waals surface area contributed by atoms with E-state index in [0.29, 0.717) is 22.0 Å². The fourth-order valence-corrected chi connectivity index (χ4v) is 3.52. The number of nitrogens with zero attached hydrogens (tertiary/aromatic N) is 2. The van der Waals surface area contributed by atoms with E-state index in [1.165, 1.54) is 0 Å². The molecule has 1 atom stereocenters. The molecule has 0 aliphatic rings. The van der Waals surface area contributed by atoms with Crippen LogP contribution < -0.4 is 5.32 Å². The topological polar surface area (TPSA) is 64.0 Å². The Balaban J connectivity index is 1.64. The van der Waals surface area contributed by atoms with Crippen LogP contribution in [0.5, 0.6) is 0 Å². The molecule has 0 spiro atoms. The van der Waals surface area contributed by atoms with E-state index in [1.807, 2.05) is 54.0 Å². The summed E-state index contributed by atoms with van der Waals surface area (Å²) in [5.41, 5.74) is 2.78. The van der Waals surface area contributed by atoms with Gasteiger partial charge in [0.2, 0.25) is 0 Å². The first kappa shape index (κ1) is 19.9. The predicted octanol–water partition coefficient (Wildman–Crippen LogP) is 5.06. The van der Waals surface area contributed by atoms with Crippen LogP contribution in [0.1, 0.15) is 39.5 Å². The van der Waals surface area contributed by atoms with E-state index >= 15 is 0 Å². The highest BCUT2D eigenvalue weighted by atomic mass is 35.5. The Hall–Kier alpha value is -3.44. The molecule has 1 heterocycles. The second kappa shape index (κ2) is 8.51. The highest BCUT2D eigenvalue weighted by Gasteiger charge is 2.21. The molecular formula is C24H20ClN3O2. The lowest BCUT2D eigenvalue weighted by atomic mass is 10.1. The van der Waals surface area contributed by atoms with E-state index in [2.05, 4.69) is 5.32 Å². The smallest absolute Gasteiger partial charge is 0.251 e. The molecule has 6 heteroatoms. The zero-order valence-electron chi connectivity index (χ0n) is 16.4. The average Bonchev–Trinajstić information content (AvgIpc) is 3.13. The van der Waals surface area contributed by atoms with Crippen molar-refractivity contribution in [3.63, 3.8) is 0 Å². The third kappa shape index (κ3) is 4.11. The molecule has 30 heavy (non-hydrogen) atoms. The number of halogens is 1. The van der Waals surface area contributed by atoms with Crippen molar-refractivity contribution in [3.8, 4) is 0 Å². The monoisotopic (exact) mass is 417 g/mol. The Bertz CT molecular complexity index is 1200. The van der Waals surface area contributed by atoms with Crippen molar-refractivity contribution in [2.24, 2.45) is 0 Å². The minimum atomic E-state index is -0.399. The molecule has 3 aromatic carbocycles. The van der Waals surface area contributed by atoms with E-state index < -0.39 is 6.04 Å². The van der Waals surface area contributed by atoms with Gasteiger partial charge in [0.05, 0.1) is 23.6 Å². The van der Waals surface area contributed by atoms with Crippen LogP contribution in [0.3, 0.4) is 0 Å². The number of hydrogen-bond acceptors (Lipinski definition) is 3. The van der Waals surface area contributed by atoms with Crippen LogP contribution in [0.15, 0.2) is 78.9 Å².